The number of amides is 1. The molecule has 0 unspecified atom stereocenters. The van der Waals surface area contributed by atoms with Gasteiger partial charge in [-0.2, -0.15) is 13.2 Å². The molecule has 1 aromatic carbocycles. The number of aromatic amines is 1. The van der Waals surface area contributed by atoms with Crippen molar-refractivity contribution >= 4 is 16.9 Å². The van der Waals surface area contributed by atoms with Crippen molar-refractivity contribution in [2.75, 3.05) is 0 Å². The molecule has 0 fully saturated rings. The number of alkyl halides is 3. The van der Waals surface area contributed by atoms with Crippen molar-refractivity contribution in [2.45, 2.75) is 44.9 Å². The lowest BCUT2D eigenvalue weighted by Gasteiger charge is -2.08. The van der Waals surface area contributed by atoms with Crippen LogP contribution in [0.25, 0.3) is 11.0 Å². The highest BCUT2D eigenvalue weighted by atomic mass is 19.4. The van der Waals surface area contributed by atoms with Crippen molar-refractivity contribution < 1.29 is 18.0 Å². The molecular formula is C17H17F3N6O. The maximum Gasteiger partial charge on any atom is 0.449 e. The number of fused-ring (bicyclic) bond motifs is 2. The topological polar surface area (TPSA) is 88.5 Å². The first-order valence-electron chi connectivity index (χ1n) is 8.68. The van der Waals surface area contributed by atoms with Gasteiger partial charge in [-0.25, -0.2) is 4.98 Å². The van der Waals surface area contributed by atoms with Gasteiger partial charge in [0.2, 0.25) is 5.82 Å². The minimum Gasteiger partial charge on any atom is -0.345 e. The van der Waals surface area contributed by atoms with Crippen molar-refractivity contribution in [3.8, 4) is 0 Å². The molecule has 4 rings (SSSR count). The fourth-order valence-electron chi connectivity index (χ4n) is 3.22. The molecule has 0 aliphatic carbocycles. The fourth-order valence-corrected chi connectivity index (χ4v) is 3.22. The van der Waals surface area contributed by atoms with E-state index >= 15 is 0 Å². The number of hydrogen-bond acceptors (Lipinski definition) is 4. The summed E-state index contributed by atoms with van der Waals surface area (Å²) >= 11 is 0. The molecule has 3 heterocycles. The van der Waals surface area contributed by atoms with Crippen molar-refractivity contribution in [3.63, 3.8) is 0 Å². The maximum atomic E-state index is 12.7. The number of carbonyl (C=O) groups is 1. The summed E-state index contributed by atoms with van der Waals surface area (Å²) in [6, 6.07) is 4.19. The first-order chi connectivity index (χ1) is 12.9. The lowest BCUT2D eigenvalue weighted by molar-refractivity contribution is -0.144. The molecule has 0 atom stereocenters. The summed E-state index contributed by atoms with van der Waals surface area (Å²) in [6.45, 7) is 1.04. The summed E-state index contributed by atoms with van der Waals surface area (Å²) in [7, 11) is 0. The third-order valence-electron chi connectivity index (χ3n) is 4.61. The van der Waals surface area contributed by atoms with Gasteiger partial charge in [0.05, 0.1) is 17.6 Å². The summed E-state index contributed by atoms with van der Waals surface area (Å²) in [4.78, 5) is 18.1. The van der Waals surface area contributed by atoms with Crippen LogP contribution in [0.2, 0.25) is 0 Å². The Labute approximate surface area is 152 Å². The van der Waals surface area contributed by atoms with Gasteiger partial charge in [0.25, 0.3) is 5.91 Å². The number of carbonyl (C=O) groups excluding carboxylic acids is 1. The highest BCUT2D eigenvalue weighted by Gasteiger charge is 2.34. The van der Waals surface area contributed by atoms with Gasteiger partial charge >= 0.3 is 6.18 Å². The van der Waals surface area contributed by atoms with Crippen LogP contribution in [-0.2, 0) is 25.7 Å². The van der Waals surface area contributed by atoms with E-state index in [2.05, 4.69) is 25.5 Å². The average molecular weight is 378 g/mol. The number of nitrogens with zero attached hydrogens (tertiary/aromatic N) is 4. The number of nitrogens with one attached hydrogen (secondary N) is 2. The van der Waals surface area contributed by atoms with Crippen molar-refractivity contribution in [3.05, 3.63) is 41.2 Å². The van der Waals surface area contributed by atoms with Crippen molar-refractivity contribution in [1.29, 1.82) is 0 Å². The Balaban J connectivity index is 1.49. The van der Waals surface area contributed by atoms with E-state index in [4.69, 9.17) is 0 Å². The predicted octanol–water partition coefficient (Wildman–Crippen LogP) is 2.83. The molecule has 1 aliphatic heterocycles. The molecule has 10 heteroatoms. The molecule has 1 aliphatic rings. The Kier molecular flexibility index (Phi) is 4.33. The number of imidazole rings is 1. The summed E-state index contributed by atoms with van der Waals surface area (Å²) in [6.07, 6.45) is -0.427. The zero-order chi connectivity index (χ0) is 19.0. The molecule has 142 valence electrons. The quantitative estimate of drug-likeness (QED) is 0.734. The minimum atomic E-state index is -4.56. The summed E-state index contributed by atoms with van der Waals surface area (Å²) in [5.41, 5.74) is 0.559. The molecule has 3 aromatic rings. The van der Waals surface area contributed by atoms with Crippen LogP contribution in [0.15, 0.2) is 18.2 Å². The number of aryl methyl sites for hydroxylation is 1. The van der Waals surface area contributed by atoms with Crippen LogP contribution < -0.4 is 5.32 Å². The minimum absolute atomic E-state index is 0.154. The molecular weight excluding hydrogens is 361 g/mol. The van der Waals surface area contributed by atoms with E-state index in [-0.39, 0.29) is 23.1 Å². The number of H-pyrrole nitrogens is 1. The largest absolute Gasteiger partial charge is 0.449 e. The zero-order valence-electron chi connectivity index (χ0n) is 14.3. The van der Waals surface area contributed by atoms with Crippen molar-refractivity contribution in [2.24, 2.45) is 0 Å². The molecule has 0 saturated carbocycles. The van der Waals surface area contributed by atoms with E-state index < -0.39 is 17.9 Å². The number of aromatic nitrogens is 5. The second-order valence-electron chi connectivity index (χ2n) is 6.49. The Morgan fingerprint density at radius 2 is 2.07 bits per heavy atom. The number of benzene rings is 1. The van der Waals surface area contributed by atoms with Gasteiger partial charge in [-0.05, 0) is 31.0 Å². The van der Waals surface area contributed by atoms with Crippen LogP contribution in [0, 0.1) is 0 Å². The van der Waals surface area contributed by atoms with Crippen LogP contribution in [0.4, 0.5) is 13.2 Å². The van der Waals surface area contributed by atoms with Crippen LogP contribution in [0.3, 0.4) is 0 Å². The molecule has 0 bridgehead atoms. The van der Waals surface area contributed by atoms with Crippen LogP contribution in [0.1, 0.15) is 47.1 Å². The van der Waals surface area contributed by atoms with Gasteiger partial charge in [-0.15, -0.1) is 10.2 Å². The van der Waals surface area contributed by atoms with Gasteiger partial charge < -0.3 is 14.9 Å². The fraction of sp³-hybridized carbons (Fsp3) is 0.412. The normalized spacial score (nSPS) is 14.8. The highest BCUT2D eigenvalue weighted by Crippen LogP contribution is 2.28. The summed E-state index contributed by atoms with van der Waals surface area (Å²) < 4.78 is 40.3. The Hall–Kier alpha value is -2.91. The van der Waals surface area contributed by atoms with Gasteiger partial charge in [0, 0.05) is 18.5 Å². The van der Waals surface area contributed by atoms with Gasteiger partial charge in [-0.3, -0.25) is 4.79 Å². The van der Waals surface area contributed by atoms with Crippen LogP contribution in [0.5, 0.6) is 0 Å². The lowest BCUT2D eigenvalue weighted by atomic mass is 10.2. The molecule has 1 amide bonds. The third kappa shape index (κ3) is 3.51. The second-order valence-corrected chi connectivity index (χ2v) is 6.49. The Bertz CT molecular complexity index is 990. The molecule has 2 aromatic heterocycles. The van der Waals surface area contributed by atoms with Crippen molar-refractivity contribution in [1.82, 2.24) is 30.0 Å². The van der Waals surface area contributed by atoms with Gasteiger partial charge in [-0.1, -0.05) is 6.42 Å². The van der Waals surface area contributed by atoms with E-state index in [9.17, 15) is 18.0 Å². The number of rotatable bonds is 3. The third-order valence-corrected chi connectivity index (χ3v) is 4.61. The van der Waals surface area contributed by atoms with E-state index in [0.29, 0.717) is 5.82 Å². The Morgan fingerprint density at radius 3 is 2.89 bits per heavy atom. The molecule has 0 spiro atoms. The number of halogens is 3. The summed E-state index contributed by atoms with van der Waals surface area (Å²) in [5.74, 6) is 0.129. The van der Waals surface area contributed by atoms with E-state index in [1.807, 2.05) is 4.57 Å². The highest BCUT2D eigenvalue weighted by molar-refractivity contribution is 5.97. The summed E-state index contributed by atoms with van der Waals surface area (Å²) in [5, 5.41) is 11.1. The number of hydrogen-bond donors (Lipinski definition) is 2. The van der Waals surface area contributed by atoms with E-state index in [1.54, 1.807) is 0 Å². The van der Waals surface area contributed by atoms with Gasteiger partial charge in [0.1, 0.15) is 5.82 Å². The molecule has 0 radical (unpaired) electrons. The van der Waals surface area contributed by atoms with Crippen LogP contribution in [-0.4, -0.2) is 30.6 Å². The zero-order valence-corrected chi connectivity index (χ0v) is 14.3. The Morgan fingerprint density at radius 1 is 1.22 bits per heavy atom. The smallest absolute Gasteiger partial charge is 0.345 e. The molecule has 27 heavy (non-hydrogen) atoms. The first kappa shape index (κ1) is 17.5. The standard InChI is InChI=1S/C17H17F3N6O/c18-17(19,20)16-22-11-6-5-10(8-12(11)23-16)15(27)21-9-14-25-24-13-4-2-1-3-7-26(13)14/h5-6,8H,1-4,7,9H2,(H,21,27)(H,22,23). The molecule has 0 saturated heterocycles. The van der Waals surface area contributed by atoms with E-state index in [1.165, 1.54) is 18.2 Å². The second kappa shape index (κ2) is 6.67. The lowest BCUT2D eigenvalue weighted by Crippen LogP contribution is -2.25. The van der Waals surface area contributed by atoms with Gasteiger partial charge in [0.15, 0.2) is 5.82 Å². The molecule has 2 N–H and O–H groups in total. The van der Waals surface area contributed by atoms with E-state index in [0.717, 1.165) is 38.1 Å². The monoisotopic (exact) mass is 378 g/mol. The predicted molar refractivity (Wildman–Crippen MR) is 89.8 cm³/mol. The molecule has 7 nitrogen and oxygen atoms in total. The maximum absolute atomic E-state index is 12.7. The first-order valence-corrected chi connectivity index (χ1v) is 8.68. The average Bonchev–Trinajstić information content (AvgIpc) is 3.16. The SMILES string of the molecule is O=C(NCc1nnc2n1CCCCC2)c1ccc2nc(C(F)(F)F)[nH]c2c1. The van der Waals surface area contributed by atoms with Crippen LogP contribution >= 0.6 is 0 Å².